The minimum atomic E-state index is -0.437. The van der Waals surface area contributed by atoms with E-state index in [0.29, 0.717) is 22.6 Å². The Bertz CT molecular complexity index is 1360. The fourth-order valence-corrected chi connectivity index (χ4v) is 4.28. The molecule has 0 aliphatic heterocycles. The van der Waals surface area contributed by atoms with Crippen LogP contribution in [-0.4, -0.2) is 11.9 Å². The van der Waals surface area contributed by atoms with Crippen LogP contribution in [0.25, 0.3) is 31.3 Å². The van der Waals surface area contributed by atoms with Crippen molar-refractivity contribution in [1.29, 1.82) is 0 Å². The standard InChI is InChI=1S/C26H20O4S/c1-15(2)25(27)29-19-8-5-17(6-9-19)18-7-11-21-22-12-10-20(30-26(28)16(3)4)14-24(22)31-23(21)13-18/h5-14H,1,3H2,2,4H3. The Labute approximate surface area is 184 Å². The molecule has 0 N–H and O–H groups in total. The lowest BCUT2D eigenvalue weighted by atomic mass is 10.0. The predicted octanol–water partition coefficient (Wildman–Crippen LogP) is 6.68. The van der Waals surface area contributed by atoms with Gasteiger partial charge in [-0.25, -0.2) is 9.59 Å². The summed E-state index contributed by atoms with van der Waals surface area (Å²) in [4.78, 5) is 23.5. The van der Waals surface area contributed by atoms with Crippen LogP contribution in [0.5, 0.6) is 11.5 Å². The van der Waals surface area contributed by atoms with E-state index in [4.69, 9.17) is 9.47 Å². The Morgan fingerprint density at radius 3 is 1.77 bits per heavy atom. The van der Waals surface area contributed by atoms with Crippen molar-refractivity contribution in [2.75, 3.05) is 0 Å². The molecule has 0 bridgehead atoms. The number of thiophene rings is 1. The molecule has 4 rings (SSSR count). The molecular formula is C26H20O4S. The first kappa shape index (κ1) is 20.6. The third-order valence-corrected chi connectivity index (χ3v) is 5.87. The Hall–Kier alpha value is -3.70. The van der Waals surface area contributed by atoms with Crippen molar-refractivity contribution >= 4 is 43.4 Å². The van der Waals surface area contributed by atoms with Gasteiger partial charge in [0.2, 0.25) is 0 Å². The second-order valence-corrected chi connectivity index (χ2v) is 8.42. The fraction of sp³-hybridized carbons (Fsp3) is 0.0769. The SMILES string of the molecule is C=C(C)C(=O)Oc1ccc(-c2ccc3c(c2)sc2cc(OC(=O)C(=C)C)ccc23)cc1. The molecule has 0 saturated heterocycles. The summed E-state index contributed by atoms with van der Waals surface area (Å²) < 4.78 is 12.8. The van der Waals surface area contributed by atoms with E-state index in [0.717, 1.165) is 31.3 Å². The topological polar surface area (TPSA) is 52.6 Å². The van der Waals surface area contributed by atoms with Crippen LogP contribution in [0.4, 0.5) is 0 Å². The minimum absolute atomic E-state index is 0.358. The Morgan fingerprint density at radius 1 is 0.677 bits per heavy atom. The number of hydrogen-bond donors (Lipinski definition) is 0. The number of carbonyl (C=O) groups is 2. The molecule has 0 aliphatic rings. The van der Waals surface area contributed by atoms with Crippen LogP contribution in [-0.2, 0) is 9.59 Å². The largest absolute Gasteiger partial charge is 0.423 e. The summed E-state index contributed by atoms with van der Waals surface area (Å²) in [5.41, 5.74) is 2.80. The van der Waals surface area contributed by atoms with Gasteiger partial charge in [0, 0.05) is 31.3 Å². The van der Waals surface area contributed by atoms with Crippen molar-refractivity contribution in [1.82, 2.24) is 0 Å². The molecule has 0 radical (unpaired) electrons. The molecule has 0 saturated carbocycles. The van der Waals surface area contributed by atoms with Gasteiger partial charge in [-0.05, 0) is 61.4 Å². The summed E-state index contributed by atoms with van der Waals surface area (Å²) >= 11 is 1.64. The summed E-state index contributed by atoms with van der Waals surface area (Å²) in [6, 6.07) is 19.3. The molecule has 1 aromatic heterocycles. The van der Waals surface area contributed by atoms with Gasteiger partial charge < -0.3 is 9.47 Å². The lowest BCUT2D eigenvalue weighted by molar-refractivity contribution is -0.130. The normalized spacial score (nSPS) is 10.8. The van der Waals surface area contributed by atoms with E-state index in [1.807, 2.05) is 24.3 Å². The van der Waals surface area contributed by atoms with Gasteiger partial charge in [-0.2, -0.15) is 0 Å². The van der Waals surface area contributed by atoms with Gasteiger partial charge >= 0.3 is 11.9 Å². The average molecular weight is 429 g/mol. The number of carbonyl (C=O) groups excluding carboxylic acids is 2. The molecule has 0 aliphatic carbocycles. The van der Waals surface area contributed by atoms with Crippen molar-refractivity contribution in [2.45, 2.75) is 13.8 Å². The first-order valence-electron chi connectivity index (χ1n) is 9.64. The number of rotatable bonds is 5. The Kier molecular flexibility index (Phi) is 5.44. The molecule has 3 aromatic carbocycles. The smallest absolute Gasteiger partial charge is 0.338 e. The summed E-state index contributed by atoms with van der Waals surface area (Å²) in [6.07, 6.45) is 0. The van der Waals surface area contributed by atoms with Crippen molar-refractivity contribution in [3.63, 3.8) is 0 Å². The van der Waals surface area contributed by atoms with E-state index in [1.165, 1.54) is 0 Å². The highest BCUT2D eigenvalue weighted by Gasteiger charge is 2.11. The van der Waals surface area contributed by atoms with Gasteiger partial charge in [0.25, 0.3) is 0 Å². The monoisotopic (exact) mass is 428 g/mol. The van der Waals surface area contributed by atoms with Gasteiger partial charge in [-0.15, -0.1) is 11.3 Å². The highest BCUT2D eigenvalue weighted by molar-refractivity contribution is 7.25. The average Bonchev–Trinajstić information content (AvgIpc) is 3.10. The van der Waals surface area contributed by atoms with Crippen LogP contribution in [0.15, 0.2) is 85.0 Å². The van der Waals surface area contributed by atoms with Crippen LogP contribution in [0, 0.1) is 0 Å². The number of hydrogen-bond acceptors (Lipinski definition) is 5. The molecule has 0 unspecified atom stereocenters. The van der Waals surface area contributed by atoms with Crippen LogP contribution < -0.4 is 9.47 Å². The van der Waals surface area contributed by atoms with E-state index in [1.54, 1.807) is 43.4 Å². The molecular weight excluding hydrogens is 408 g/mol. The maximum atomic E-state index is 11.8. The highest BCUT2D eigenvalue weighted by atomic mass is 32.1. The van der Waals surface area contributed by atoms with Gasteiger partial charge in [-0.1, -0.05) is 37.4 Å². The number of ether oxygens (including phenoxy) is 2. The van der Waals surface area contributed by atoms with Crippen molar-refractivity contribution < 1.29 is 19.1 Å². The third-order valence-electron chi connectivity index (χ3n) is 4.75. The highest BCUT2D eigenvalue weighted by Crippen LogP contribution is 2.38. The van der Waals surface area contributed by atoms with Gasteiger partial charge in [0.05, 0.1) is 0 Å². The number of benzene rings is 3. The van der Waals surface area contributed by atoms with Crippen LogP contribution in [0.3, 0.4) is 0 Å². The quantitative estimate of drug-likeness (QED) is 0.202. The number of fused-ring (bicyclic) bond motifs is 3. The summed E-state index contributed by atoms with van der Waals surface area (Å²) in [6.45, 7) is 10.4. The molecule has 0 fully saturated rings. The lowest BCUT2D eigenvalue weighted by Gasteiger charge is -2.06. The second kappa shape index (κ2) is 8.20. The molecule has 4 aromatic rings. The first-order chi connectivity index (χ1) is 14.8. The Balaban J connectivity index is 1.63. The zero-order chi connectivity index (χ0) is 22.1. The third kappa shape index (κ3) is 4.27. The van der Waals surface area contributed by atoms with Gasteiger partial charge in [-0.3, -0.25) is 0 Å². The van der Waals surface area contributed by atoms with Gasteiger partial charge in [0.1, 0.15) is 11.5 Å². The maximum absolute atomic E-state index is 11.8. The zero-order valence-electron chi connectivity index (χ0n) is 17.2. The van der Waals surface area contributed by atoms with E-state index >= 15 is 0 Å². The van der Waals surface area contributed by atoms with Crippen LogP contribution in [0.1, 0.15) is 13.8 Å². The van der Waals surface area contributed by atoms with Gasteiger partial charge in [0.15, 0.2) is 0 Å². The summed E-state index contributed by atoms with van der Waals surface area (Å²) in [5, 5.41) is 2.26. The van der Waals surface area contributed by atoms with Crippen LogP contribution in [0.2, 0.25) is 0 Å². The Morgan fingerprint density at radius 2 is 1.16 bits per heavy atom. The first-order valence-corrected chi connectivity index (χ1v) is 10.5. The molecule has 1 heterocycles. The van der Waals surface area contributed by atoms with E-state index in [2.05, 4.69) is 31.4 Å². The van der Waals surface area contributed by atoms with Crippen molar-refractivity contribution in [3.8, 4) is 22.6 Å². The fourth-order valence-electron chi connectivity index (χ4n) is 3.10. The van der Waals surface area contributed by atoms with Crippen molar-refractivity contribution in [3.05, 3.63) is 85.0 Å². The molecule has 31 heavy (non-hydrogen) atoms. The minimum Gasteiger partial charge on any atom is -0.423 e. The van der Waals surface area contributed by atoms with Crippen LogP contribution >= 0.6 is 11.3 Å². The second-order valence-electron chi connectivity index (χ2n) is 7.34. The predicted molar refractivity (Wildman–Crippen MR) is 126 cm³/mol. The van der Waals surface area contributed by atoms with E-state index < -0.39 is 11.9 Å². The molecule has 5 heteroatoms. The van der Waals surface area contributed by atoms with E-state index in [9.17, 15) is 9.59 Å². The molecule has 4 nitrogen and oxygen atoms in total. The van der Waals surface area contributed by atoms with E-state index in [-0.39, 0.29) is 0 Å². The lowest BCUT2D eigenvalue weighted by Crippen LogP contribution is -2.07. The molecule has 0 amide bonds. The zero-order valence-corrected chi connectivity index (χ0v) is 18.0. The summed E-state index contributed by atoms with van der Waals surface area (Å²) in [7, 11) is 0. The molecule has 154 valence electrons. The summed E-state index contributed by atoms with van der Waals surface area (Å²) in [5.74, 6) is 0.122. The molecule has 0 atom stereocenters. The molecule has 0 spiro atoms. The van der Waals surface area contributed by atoms with Crippen molar-refractivity contribution in [2.24, 2.45) is 0 Å². The maximum Gasteiger partial charge on any atom is 0.338 e. The number of esters is 2.